The average Bonchev–Trinajstić information content (AvgIpc) is 2.72. The van der Waals surface area contributed by atoms with Gasteiger partial charge in [-0.25, -0.2) is 0 Å². The minimum Gasteiger partial charge on any atom is -0.493 e. The summed E-state index contributed by atoms with van der Waals surface area (Å²) < 4.78 is 34.4. The lowest BCUT2D eigenvalue weighted by Crippen LogP contribution is -2.31. The second kappa shape index (κ2) is 8.33. The second-order valence-corrected chi connectivity index (χ2v) is 6.44. The van der Waals surface area contributed by atoms with Crippen LogP contribution in [0.2, 0.25) is 0 Å². The summed E-state index contributed by atoms with van der Waals surface area (Å²) in [5.74, 6) is 3.55. The summed E-state index contributed by atoms with van der Waals surface area (Å²) in [6, 6.07) is 7.65. The second-order valence-electron chi connectivity index (χ2n) is 6.44. The Morgan fingerprint density at radius 1 is 0.893 bits per heavy atom. The van der Waals surface area contributed by atoms with Crippen LogP contribution in [0.3, 0.4) is 0 Å². The van der Waals surface area contributed by atoms with Crippen molar-refractivity contribution in [3.63, 3.8) is 0 Å². The number of fused-ring (bicyclic) bond motifs is 1. The van der Waals surface area contributed by atoms with Gasteiger partial charge in [-0.05, 0) is 43.2 Å². The fourth-order valence-corrected chi connectivity index (χ4v) is 3.36. The van der Waals surface area contributed by atoms with E-state index >= 15 is 0 Å². The van der Waals surface area contributed by atoms with Crippen molar-refractivity contribution in [1.82, 2.24) is 0 Å². The van der Waals surface area contributed by atoms with Crippen molar-refractivity contribution in [3.05, 3.63) is 48.0 Å². The maximum Gasteiger partial charge on any atom is 0.204 e. The molecule has 2 aromatic rings. The third-order valence-electron chi connectivity index (χ3n) is 4.68. The van der Waals surface area contributed by atoms with Gasteiger partial charge in [0.1, 0.15) is 6.10 Å². The van der Waals surface area contributed by atoms with Gasteiger partial charge in [0.2, 0.25) is 11.5 Å². The molecule has 6 nitrogen and oxygen atoms in total. The minimum absolute atomic E-state index is 0.255. The largest absolute Gasteiger partial charge is 0.493 e. The molecule has 3 rings (SSSR count). The van der Waals surface area contributed by atoms with Crippen molar-refractivity contribution < 1.29 is 28.4 Å². The zero-order chi connectivity index (χ0) is 20.3. The van der Waals surface area contributed by atoms with Gasteiger partial charge in [-0.2, -0.15) is 0 Å². The van der Waals surface area contributed by atoms with E-state index < -0.39 is 0 Å². The van der Waals surface area contributed by atoms with Crippen LogP contribution in [0.25, 0.3) is 0 Å². The van der Waals surface area contributed by atoms with E-state index in [1.807, 2.05) is 37.3 Å². The van der Waals surface area contributed by atoms with Crippen LogP contribution in [0, 0.1) is 0 Å². The molecule has 1 aliphatic heterocycles. The third kappa shape index (κ3) is 3.54. The van der Waals surface area contributed by atoms with E-state index in [0.717, 1.165) is 11.1 Å². The Kier molecular flexibility index (Phi) is 5.87. The van der Waals surface area contributed by atoms with Gasteiger partial charge in [0.05, 0.1) is 28.4 Å². The molecule has 28 heavy (non-hydrogen) atoms. The molecular formula is C22H26O6. The van der Waals surface area contributed by atoms with Crippen LogP contribution in [0.1, 0.15) is 24.2 Å². The van der Waals surface area contributed by atoms with Gasteiger partial charge in [0, 0.05) is 5.56 Å². The Morgan fingerprint density at radius 3 is 2.07 bits per heavy atom. The van der Waals surface area contributed by atoms with E-state index in [-0.39, 0.29) is 12.2 Å². The van der Waals surface area contributed by atoms with Crippen LogP contribution in [0.5, 0.6) is 34.5 Å². The number of rotatable bonds is 7. The summed E-state index contributed by atoms with van der Waals surface area (Å²) in [6.07, 6.45) is 1.93. The lowest BCUT2D eigenvalue weighted by atomic mass is 10.0. The fourth-order valence-electron chi connectivity index (χ4n) is 3.36. The van der Waals surface area contributed by atoms with Crippen LogP contribution < -0.4 is 28.4 Å². The third-order valence-corrected chi connectivity index (χ3v) is 4.68. The normalized spacial score (nSPS) is 17.6. The van der Waals surface area contributed by atoms with E-state index in [9.17, 15) is 0 Å². The summed E-state index contributed by atoms with van der Waals surface area (Å²) in [6.45, 7) is 5.75. The molecule has 1 aliphatic rings. The van der Waals surface area contributed by atoms with Gasteiger partial charge in [0.15, 0.2) is 29.1 Å². The average molecular weight is 386 g/mol. The van der Waals surface area contributed by atoms with E-state index in [1.54, 1.807) is 28.4 Å². The summed E-state index contributed by atoms with van der Waals surface area (Å²) in [5, 5.41) is 0. The monoisotopic (exact) mass is 386 g/mol. The molecule has 1 heterocycles. The number of hydrogen-bond acceptors (Lipinski definition) is 6. The molecule has 0 saturated heterocycles. The summed E-state index contributed by atoms with van der Waals surface area (Å²) in [5.41, 5.74) is 1.90. The molecule has 6 heteroatoms. The lowest BCUT2D eigenvalue weighted by Gasteiger charge is -2.33. The van der Waals surface area contributed by atoms with Crippen LogP contribution >= 0.6 is 0 Å². The molecule has 0 amide bonds. The first-order valence-corrected chi connectivity index (χ1v) is 9.01. The Balaban J connectivity index is 2.04. The standard InChI is InChI=1S/C22H26O6/c1-7-8-14-9-16(23-3)22-19(10-14)28-20(13(2)27-22)15-11-17(24-4)21(26-6)18(12-15)25-5/h7,9-13,20H,1,8H2,2-6H3/t13-,20-/m1/s1. The van der Waals surface area contributed by atoms with Gasteiger partial charge in [-0.1, -0.05) is 6.08 Å². The van der Waals surface area contributed by atoms with Crippen LogP contribution in [-0.2, 0) is 6.42 Å². The molecule has 0 spiro atoms. The number of hydrogen-bond donors (Lipinski definition) is 0. The van der Waals surface area contributed by atoms with Gasteiger partial charge < -0.3 is 28.4 Å². The smallest absolute Gasteiger partial charge is 0.204 e. The van der Waals surface area contributed by atoms with E-state index in [0.29, 0.717) is 40.9 Å². The van der Waals surface area contributed by atoms with Crippen molar-refractivity contribution in [2.45, 2.75) is 25.6 Å². The van der Waals surface area contributed by atoms with Gasteiger partial charge in [-0.3, -0.25) is 0 Å². The molecule has 0 bridgehead atoms. The summed E-state index contributed by atoms with van der Waals surface area (Å²) in [7, 11) is 6.37. The Morgan fingerprint density at radius 2 is 1.54 bits per heavy atom. The van der Waals surface area contributed by atoms with E-state index in [2.05, 4.69) is 6.58 Å². The van der Waals surface area contributed by atoms with Crippen LogP contribution in [-0.4, -0.2) is 34.5 Å². The highest BCUT2D eigenvalue weighted by Gasteiger charge is 2.33. The minimum atomic E-state index is -0.357. The molecular weight excluding hydrogens is 360 g/mol. The summed E-state index contributed by atoms with van der Waals surface area (Å²) in [4.78, 5) is 0. The maximum atomic E-state index is 6.34. The molecule has 0 aromatic heterocycles. The molecule has 150 valence electrons. The highest BCUT2D eigenvalue weighted by molar-refractivity contribution is 5.57. The predicted molar refractivity (Wildman–Crippen MR) is 106 cm³/mol. The number of benzene rings is 2. The molecule has 0 saturated carbocycles. The fraction of sp³-hybridized carbons (Fsp3) is 0.364. The lowest BCUT2D eigenvalue weighted by molar-refractivity contribution is 0.0278. The van der Waals surface area contributed by atoms with Crippen molar-refractivity contribution in [2.75, 3.05) is 28.4 Å². The van der Waals surface area contributed by atoms with E-state index in [1.165, 1.54) is 0 Å². The van der Waals surface area contributed by atoms with E-state index in [4.69, 9.17) is 28.4 Å². The Hall–Kier alpha value is -3.02. The zero-order valence-corrected chi connectivity index (χ0v) is 16.9. The zero-order valence-electron chi connectivity index (χ0n) is 16.9. The molecule has 2 atom stereocenters. The van der Waals surface area contributed by atoms with Crippen molar-refractivity contribution >= 4 is 0 Å². The quantitative estimate of drug-likeness (QED) is 0.660. The molecule has 0 N–H and O–H groups in total. The van der Waals surface area contributed by atoms with Crippen molar-refractivity contribution in [2.24, 2.45) is 0 Å². The number of allylic oxidation sites excluding steroid dienone is 1. The van der Waals surface area contributed by atoms with Gasteiger partial charge in [0.25, 0.3) is 0 Å². The SMILES string of the molecule is C=CCc1cc(OC)c2c(c1)O[C@@H](c1cc(OC)c(OC)c(OC)c1)[C@@H](C)O2. The molecule has 0 radical (unpaired) electrons. The highest BCUT2D eigenvalue weighted by Crippen LogP contribution is 2.48. The molecule has 0 aliphatic carbocycles. The topological polar surface area (TPSA) is 55.4 Å². The first-order valence-electron chi connectivity index (χ1n) is 9.01. The molecule has 2 aromatic carbocycles. The van der Waals surface area contributed by atoms with Gasteiger partial charge in [-0.15, -0.1) is 6.58 Å². The highest BCUT2D eigenvalue weighted by atomic mass is 16.6. The Labute approximate surface area is 165 Å². The maximum absolute atomic E-state index is 6.34. The Bertz CT molecular complexity index is 835. The molecule has 0 unspecified atom stereocenters. The molecule has 0 fully saturated rings. The number of methoxy groups -OCH3 is 4. The first-order chi connectivity index (χ1) is 13.6. The van der Waals surface area contributed by atoms with Crippen LogP contribution in [0.15, 0.2) is 36.9 Å². The van der Waals surface area contributed by atoms with Gasteiger partial charge >= 0.3 is 0 Å². The predicted octanol–water partition coefficient (Wildman–Crippen LogP) is 4.35. The summed E-state index contributed by atoms with van der Waals surface area (Å²) >= 11 is 0. The van der Waals surface area contributed by atoms with Crippen LogP contribution in [0.4, 0.5) is 0 Å². The van der Waals surface area contributed by atoms with Crippen molar-refractivity contribution in [3.8, 4) is 34.5 Å². The van der Waals surface area contributed by atoms with Crippen molar-refractivity contribution in [1.29, 1.82) is 0 Å². The first kappa shape index (κ1) is 19.7. The number of ether oxygens (including phenoxy) is 6.